The van der Waals surface area contributed by atoms with Crippen LogP contribution in [0.3, 0.4) is 0 Å². The first kappa shape index (κ1) is 40.4. The fraction of sp³-hybridized carbons (Fsp3) is 0.0185. The van der Waals surface area contributed by atoms with E-state index in [0.717, 1.165) is 60.9 Å². The van der Waals surface area contributed by atoms with Gasteiger partial charge in [0.25, 0.3) is 0 Å². The number of benzene rings is 6. The number of rotatable bonds is 8. The van der Waals surface area contributed by atoms with E-state index in [-0.39, 0.29) is 11.1 Å². The Morgan fingerprint density at radius 2 is 1.00 bits per heavy atom. The van der Waals surface area contributed by atoms with Crippen LogP contribution in [0.2, 0.25) is 0 Å². The Labute approximate surface area is 381 Å². The second-order valence-corrected chi connectivity index (χ2v) is 15.6. The van der Waals surface area contributed by atoms with Crippen LogP contribution in [-0.4, -0.2) is 51.6 Å². The summed E-state index contributed by atoms with van der Waals surface area (Å²) in [5.74, 6) is 0.400. The molecule has 11 aromatic rings. The lowest BCUT2D eigenvalue weighted by atomic mass is 9.98. The van der Waals surface area contributed by atoms with E-state index in [0.29, 0.717) is 51.3 Å². The Kier molecular flexibility index (Phi) is 10.0. The summed E-state index contributed by atoms with van der Waals surface area (Å²) in [5, 5.41) is 14.9. The van der Waals surface area contributed by atoms with E-state index in [1.807, 2.05) is 94.9 Å². The number of amidine groups is 1. The highest BCUT2D eigenvalue weighted by molar-refractivity contribution is 6.14. The zero-order valence-corrected chi connectivity index (χ0v) is 35.5. The summed E-state index contributed by atoms with van der Waals surface area (Å²) in [7, 11) is 0. The highest BCUT2D eigenvalue weighted by Crippen LogP contribution is 2.43. The summed E-state index contributed by atoms with van der Waals surface area (Å²) >= 11 is 0. The lowest BCUT2D eigenvalue weighted by Gasteiger charge is -2.19. The average molecular weight is 874 g/mol. The first-order valence-corrected chi connectivity index (χ1v) is 21.1. The minimum Gasteiger partial charge on any atom is -0.309 e. The monoisotopic (exact) mass is 873 g/mol. The van der Waals surface area contributed by atoms with Gasteiger partial charge in [0.05, 0.1) is 39.0 Å². The van der Waals surface area contributed by atoms with Crippen molar-refractivity contribution in [2.45, 2.75) is 6.92 Å². The van der Waals surface area contributed by atoms with Crippen LogP contribution in [0.5, 0.6) is 0 Å². The van der Waals surface area contributed by atoms with E-state index in [9.17, 15) is 5.26 Å². The summed E-state index contributed by atoms with van der Waals surface area (Å²) in [4.78, 5) is 36.0. The molecule has 5 aromatic heterocycles. The summed E-state index contributed by atoms with van der Waals surface area (Å²) < 4.78 is 35.2. The Balaban J connectivity index is 1.27. The summed E-state index contributed by atoms with van der Waals surface area (Å²) in [6, 6.07) is 38.5. The van der Waals surface area contributed by atoms with Crippen molar-refractivity contribution < 1.29 is 8.78 Å². The number of hydrogen-bond donors (Lipinski definition) is 0. The van der Waals surface area contributed by atoms with Crippen molar-refractivity contribution >= 4 is 56.2 Å². The first-order chi connectivity index (χ1) is 32.9. The Bertz CT molecular complexity index is 3760. The third-order valence-corrected chi connectivity index (χ3v) is 11.7. The molecule has 318 valence electrons. The van der Waals surface area contributed by atoms with Crippen molar-refractivity contribution in [1.82, 2.24) is 39.0 Å². The number of hydrogen-bond acceptors (Lipinski definition) is 8. The van der Waals surface area contributed by atoms with E-state index in [2.05, 4.69) is 52.7 Å². The Morgan fingerprint density at radius 3 is 1.45 bits per heavy atom. The van der Waals surface area contributed by atoms with Crippen LogP contribution < -0.4 is 0 Å². The SMILES string of the molecule is C=NC(=N/C=C\C)c1ccc2c3ccc(-c4ncccn4)cc3n(-c3cc(C#N)c(-n4c5cc(-c6ncccn6)ccc5c5ccc(-c6ncccn6)cc54)cc3-c3cc(F)cc(F)c3)c2c1. The molecule has 0 spiro atoms. The van der Waals surface area contributed by atoms with E-state index in [1.165, 1.54) is 12.1 Å². The summed E-state index contributed by atoms with van der Waals surface area (Å²) in [6.45, 7) is 5.66. The van der Waals surface area contributed by atoms with Gasteiger partial charge >= 0.3 is 0 Å². The van der Waals surface area contributed by atoms with Crippen LogP contribution in [0.1, 0.15) is 18.1 Å². The number of allylic oxidation sites excluding steroid dienone is 1. The third-order valence-electron chi connectivity index (χ3n) is 11.7. The van der Waals surface area contributed by atoms with Crippen molar-refractivity contribution in [3.8, 4) is 62.7 Å². The molecule has 0 fully saturated rings. The zero-order chi connectivity index (χ0) is 45.6. The molecular formula is C54H33F2N11. The molecule has 0 aliphatic rings. The fourth-order valence-electron chi connectivity index (χ4n) is 8.79. The van der Waals surface area contributed by atoms with Crippen LogP contribution in [0.4, 0.5) is 8.78 Å². The summed E-state index contributed by atoms with van der Waals surface area (Å²) in [5.41, 5.74) is 7.70. The van der Waals surface area contributed by atoms with Crippen LogP contribution in [0.15, 0.2) is 181 Å². The molecule has 13 heteroatoms. The van der Waals surface area contributed by atoms with Crippen molar-refractivity contribution in [1.29, 1.82) is 5.26 Å². The Hall–Kier alpha value is -9.41. The highest BCUT2D eigenvalue weighted by Gasteiger charge is 2.24. The second-order valence-electron chi connectivity index (χ2n) is 15.6. The molecule has 0 saturated heterocycles. The van der Waals surface area contributed by atoms with Gasteiger partial charge in [0, 0.05) is 98.8 Å². The molecule has 0 amide bonds. The largest absolute Gasteiger partial charge is 0.309 e. The third kappa shape index (κ3) is 7.06. The molecule has 0 aliphatic carbocycles. The molecule has 67 heavy (non-hydrogen) atoms. The zero-order valence-electron chi connectivity index (χ0n) is 35.5. The molecular weight excluding hydrogens is 841 g/mol. The molecule has 0 bridgehead atoms. The molecule has 11 nitrogen and oxygen atoms in total. The van der Waals surface area contributed by atoms with Crippen molar-refractivity contribution in [3.63, 3.8) is 0 Å². The number of nitrogens with zero attached hydrogens (tertiary/aromatic N) is 11. The van der Waals surface area contributed by atoms with Gasteiger partial charge in [0.15, 0.2) is 23.3 Å². The predicted molar refractivity (Wildman–Crippen MR) is 259 cm³/mol. The van der Waals surface area contributed by atoms with Crippen molar-refractivity contribution in [2.75, 3.05) is 0 Å². The van der Waals surface area contributed by atoms with Crippen LogP contribution in [-0.2, 0) is 0 Å². The molecule has 0 unspecified atom stereocenters. The fourth-order valence-corrected chi connectivity index (χ4v) is 8.79. The molecule has 0 aliphatic heterocycles. The van der Waals surface area contributed by atoms with Gasteiger partial charge in [0.2, 0.25) is 0 Å². The normalized spacial score (nSPS) is 11.9. The van der Waals surface area contributed by atoms with Crippen molar-refractivity contribution in [3.05, 3.63) is 194 Å². The van der Waals surface area contributed by atoms with Crippen molar-refractivity contribution in [2.24, 2.45) is 9.98 Å². The van der Waals surface area contributed by atoms with Crippen LogP contribution in [0, 0.1) is 23.0 Å². The first-order valence-electron chi connectivity index (χ1n) is 21.1. The number of fused-ring (bicyclic) bond motifs is 6. The second kappa shape index (κ2) is 16.6. The van der Waals surface area contributed by atoms with Crippen LogP contribution >= 0.6 is 0 Å². The van der Waals surface area contributed by atoms with Crippen LogP contribution in [0.25, 0.3) is 100 Å². The van der Waals surface area contributed by atoms with E-state index in [1.54, 1.807) is 73.7 Å². The minimum atomic E-state index is -0.765. The maximum atomic E-state index is 15.6. The average Bonchev–Trinajstić information content (AvgIpc) is 3.87. The topological polar surface area (TPSA) is 136 Å². The van der Waals surface area contributed by atoms with Gasteiger partial charge in [-0.15, -0.1) is 0 Å². The molecule has 0 saturated carbocycles. The number of nitriles is 1. The molecule has 0 radical (unpaired) electrons. The van der Waals surface area contributed by atoms with E-state index < -0.39 is 11.6 Å². The van der Waals surface area contributed by atoms with E-state index >= 15 is 8.78 Å². The number of halogens is 2. The lowest BCUT2D eigenvalue weighted by Crippen LogP contribution is -2.05. The Morgan fingerprint density at radius 1 is 0.552 bits per heavy atom. The maximum Gasteiger partial charge on any atom is 0.159 e. The number of aliphatic imine (C=N–C) groups is 2. The van der Waals surface area contributed by atoms with Gasteiger partial charge in [-0.25, -0.2) is 48.7 Å². The number of aromatic nitrogens is 8. The molecule has 5 heterocycles. The molecule has 0 atom stereocenters. The van der Waals surface area contributed by atoms with Gasteiger partial charge in [-0.3, -0.25) is 0 Å². The quantitative estimate of drug-likeness (QED) is 0.109. The molecule has 0 N–H and O–H groups in total. The van der Waals surface area contributed by atoms with Gasteiger partial charge in [0.1, 0.15) is 17.7 Å². The maximum absolute atomic E-state index is 15.6. The minimum absolute atomic E-state index is 0.243. The van der Waals surface area contributed by atoms with E-state index in [4.69, 9.17) is 0 Å². The van der Waals surface area contributed by atoms with Gasteiger partial charge < -0.3 is 9.13 Å². The standard InChI is InChI=1S/C54H33F2N11/c1-3-15-59-51(58-2)32-7-11-42-43-14-10-35(54-64-20-6-21-65-54)27-49(43)67(48(42)24-32)50-28-37(31-57)45(30-44(50)36-22-38(55)29-39(56)23-36)66-46-25-33(52-60-16-4-17-61-52)8-12-40(46)41-13-9-34(26-47(41)66)53-62-18-5-19-63-53/h3-30H,2H2,1H3/b15-3-,59-51?. The molecule has 11 rings (SSSR count). The van der Waals surface area contributed by atoms with Gasteiger partial charge in [-0.2, -0.15) is 5.26 Å². The van der Waals surface area contributed by atoms with Gasteiger partial charge in [-0.1, -0.05) is 54.6 Å². The smallest absolute Gasteiger partial charge is 0.159 e. The van der Waals surface area contributed by atoms with Gasteiger partial charge in [-0.05, 0) is 85.9 Å². The highest BCUT2D eigenvalue weighted by atomic mass is 19.1. The predicted octanol–water partition coefficient (Wildman–Crippen LogP) is 12.0. The summed E-state index contributed by atoms with van der Waals surface area (Å²) in [6.07, 6.45) is 13.5. The lowest BCUT2D eigenvalue weighted by molar-refractivity contribution is 0.584. The molecule has 6 aromatic carbocycles.